The van der Waals surface area contributed by atoms with Gasteiger partial charge in [-0.25, -0.2) is 0 Å². The number of carbonyl (C=O) groups is 1. The molecule has 0 saturated carbocycles. The second-order valence-electron chi connectivity index (χ2n) is 6.02. The summed E-state index contributed by atoms with van der Waals surface area (Å²) in [6.45, 7) is 2.43. The molecule has 0 radical (unpaired) electrons. The minimum Gasteiger partial charge on any atom is -0.398 e. The van der Waals surface area contributed by atoms with Crippen molar-refractivity contribution in [1.82, 2.24) is 10.2 Å². The van der Waals surface area contributed by atoms with E-state index in [2.05, 4.69) is 29.6 Å². The Morgan fingerprint density at radius 2 is 1.70 bits per heavy atom. The molecule has 4 heteroatoms. The molecule has 0 unspecified atom stereocenters. The summed E-state index contributed by atoms with van der Waals surface area (Å²) in [6, 6.07) is 18.2. The lowest BCUT2D eigenvalue weighted by Crippen LogP contribution is -2.44. The van der Waals surface area contributed by atoms with Gasteiger partial charge in [-0.2, -0.15) is 0 Å². The number of carbonyl (C=O) groups excluding carboxylic acids is 1. The van der Waals surface area contributed by atoms with Gasteiger partial charge in [0.25, 0.3) is 5.91 Å². The summed E-state index contributed by atoms with van der Waals surface area (Å²) >= 11 is 0. The first-order valence-corrected chi connectivity index (χ1v) is 8.15. The number of piperidine rings is 1. The number of nitrogens with zero attached hydrogens (tertiary/aromatic N) is 1. The van der Waals surface area contributed by atoms with Gasteiger partial charge in [0, 0.05) is 31.4 Å². The number of nitrogens with one attached hydrogen (secondary N) is 1. The van der Waals surface area contributed by atoms with E-state index in [4.69, 9.17) is 5.73 Å². The van der Waals surface area contributed by atoms with Crippen LogP contribution in [0, 0.1) is 0 Å². The normalized spacial score (nSPS) is 15.6. The molecule has 1 saturated heterocycles. The molecule has 3 rings (SSSR count). The minimum absolute atomic E-state index is 0.0459. The van der Waals surface area contributed by atoms with Crippen LogP contribution in [0.3, 0.4) is 0 Å². The van der Waals surface area contributed by atoms with Gasteiger partial charge >= 0.3 is 0 Å². The number of hydrogen-bond acceptors (Lipinski definition) is 3. The van der Waals surface area contributed by atoms with Gasteiger partial charge in [0.1, 0.15) is 0 Å². The number of benzene rings is 2. The van der Waals surface area contributed by atoms with Crippen molar-refractivity contribution in [2.75, 3.05) is 18.8 Å². The van der Waals surface area contributed by atoms with E-state index in [0.717, 1.165) is 32.5 Å². The molecule has 1 amide bonds. The Bertz CT molecular complexity index is 649. The van der Waals surface area contributed by atoms with Gasteiger partial charge in [-0.05, 0) is 30.5 Å². The minimum atomic E-state index is 0.0459. The fourth-order valence-corrected chi connectivity index (χ4v) is 3.01. The van der Waals surface area contributed by atoms with Crippen molar-refractivity contribution in [3.8, 4) is 0 Å². The van der Waals surface area contributed by atoms with Crippen molar-refractivity contribution in [2.45, 2.75) is 25.4 Å². The summed E-state index contributed by atoms with van der Waals surface area (Å²) in [5.74, 6) is 0.0459. The third-order valence-corrected chi connectivity index (χ3v) is 4.41. The predicted octanol–water partition coefficient (Wildman–Crippen LogP) is 2.66. The Labute approximate surface area is 137 Å². The molecule has 0 spiro atoms. The maximum atomic E-state index is 12.5. The summed E-state index contributed by atoms with van der Waals surface area (Å²) in [7, 11) is 0. The second-order valence-corrected chi connectivity index (χ2v) is 6.02. The SMILES string of the molecule is Nc1ccccc1C(=O)N1CCC(NCc2ccccc2)CC1. The van der Waals surface area contributed by atoms with Crippen molar-refractivity contribution in [3.05, 3.63) is 65.7 Å². The standard InChI is InChI=1S/C19H23N3O/c20-18-9-5-4-8-17(18)19(23)22-12-10-16(11-13-22)21-14-15-6-2-1-3-7-15/h1-9,16,21H,10-14,20H2. The summed E-state index contributed by atoms with van der Waals surface area (Å²) in [4.78, 5) is 14.4. The van der Waals surface area contributed by atoms with Gasteiger partial charge in [-0.15, -0.1) is 0 Å². The number of hydrogen-bond donors (Lipinski definition) is 2. The molecule has 0 aromatic heterocycles. The van der Waals surface area contributed by atoms with Gasteiger partial charge < -0.3 is 16.0 Å². The Morgan fingerprint density at radius 1 is 1.04 bits per heavy atom. The van der Waals surface area contributed by atoms with Gasteiger partial charge in [0.15, 0.2) is 0 Å². The number of para-hydroxylation sites is 1. The first-order valence-electron chi connectivity index (χ1n) is 8.15. The monoisotopic (exact) mass is 309 g/mol. The lowest BCUT2D eigenvalue weighted by atomic mass is 10.0. The van der Waals surface area contributed by atoms with Crippen LogP contribution in [0.5, 0.6) is 0 Å². The summed E-state index contributed by atoms with van der Waals surface area (Å²) < 4.78 is 0. The molecule has 1 heterocycles. The number of anilines is 1. The average Bonchev–Trinajstić information content (AvgIpc) is 2.61. The number of nitrogens with two attached hydrogens (primary N) is 1. The topological polar surface area (TPSA) is 58.4 Å². The van der Waals surface area contributed by atoms with Crippen molar-refractivity contribution in [2.24, 2.45) is 0 Å². The second kappa shape index (κ2) is 7.29. The van der Waals surface area contributed by atoms with E-state index < -0.39 is 0 Å². The Hall–Kier alpha value is -2.33. The largest absolute Gasteiger partial charge is 0.398 e. The van der Waals surface area contributed by atoms with E-state index in [1.165, 1.54) is 5.56 Å². The van der Waals surface area contributed by atoms with Crippen LogP contribution in [-0.2, 0) is 6.54 Å². The quantitative estimate of drug-likeness (QED) is 0.854. The highest BCUT2D eigenvalue weighted by atomic mass is 16.2. The van der Waals surface area contributed by atoms with Crippen LogP contribution >= 0.6 is 0 Å². The van der Waals surface area contributed by atoms with Crippen LogP contribution in [-0.4, -0.2) is 29.9 Å². The molecule has 0 bridgehead atoms. The molecule has 0 atom stereocenters. The summed E-state index contributed by atoms with van der Waals surface area (Å²) in [6.07, 6.45) is 1.95. The molecular formula is C19H23N3O. The highest BCUT2D eigenvalue weighted by Crippen LogP contribution is 2.18. The molecule has 3 N–H and O–H groups in total. The van der Waals surface area contributed by atoms with Crippen LogP contribution in [0.15, 0.2) is 54.6 Å². The van der Waals surface area contributed by atoms with Gasteiger partial charge in [-0.1, -0.05) is 42.5 Å². The molecule has 1 aliphatic heterocycles. The van der Waals surface area contributed by atoms with Crippen molar-refractivity contribution < 1.29 is 4.79 Å². The highest BCUT2D eigenvalue weighted by Gasteiger charge is 2.24. The first-order chi connectivity index (χ1) is 11.2. The van der Waals surface area contributed by atoms with E-state index in [1.54, 1.807) is 12.1 Å². The van der Waals surface area contributed by atoms with E-state index >= 15 is 0 Å². The molecule has 1 aliphatic rings. The smallest absolute Gasteiger partial charge is 0.255 e. The van der Waals surface area contributed by atoms with Crippen LogP contribution in [0.25, 0.3) is 0 Å². The van der Waals surface area contributed by atoms with Gasteiger partial charge in [0.2, 0.25) is 0 Å². The number of nitrogen functional groups attached to an aromatic ring is 1. The van der Waals surface area contributed by atoms with Crippen LogP contribution in [0.4, 0.5) is 5.69 Å². The average molecular weight is 309 g/mol. The molecule has 2 aromatic rings. The fraction of sp³-hybridized carbons (Fsp3) is 0.316. The number of amides is 1. The third kappa shape index (κ3) is 3.90. The van der Waals surface area contributed by atoms with E-state index in [1.807, 2.05) is 23.1 Å². The number of rotatable bonds is 4. The summed E-state index contributed by atoms with van der Waals surface area (Å²) in [5, 5.41) is 3.59. The maximum absolute atomic E-state index is 12.5. The van der Waals surface area contributed by atoms with Crippen molar-refractivity contribution in [1.29, 1.82) is 0 Å². The van der Waals surface area contributed by atoms with Crippen LogP contribution in [0.2, 0.25) is 0 Å². The molecule has 23 heavy (non-hydrogen) atoms. The Morgan fingerprint density at radius 3 is 2.39 bits per heavy atom. The highest BCUT2D eigenvalue weighted by molar-refractivity contribution is 5.99. The molecular weight excluding hydrogens is 286 g/mol. The molecule has 4 nitrogen and oxygen atoms in total. The molecule has 1 fully saturated rings. The zero-order valence-corrected chi connectivity index (χ0v) is 13.2. The van der Waals surface area contributed by atoms with E-state index in [-0.39, 0.29) is 5.91 Å². The van der Waals surface area contributed by atoms with Crippen molar-refractivity contribution in [3.63, 3.8) is 0 Å². The van der Waals surface area contributed by atoms with E-state index in [0.29, 0.717) is 17.3 Å². The molecule has 0 aliphatic carbocycles. The predicted molar refractivity (Wildman–Crippen MR) is 93.1 cm³/mol. The maximum Gasteiger partial charge on any atom is 0.255 e. The van der Waals surface area contributed by atoms with Crippen LogP contribution in [0.1, 0.15) is 28.8 Å². The fourth-order valence-electron chi connectivity index (χ4n) is 3.01. The molecule has 2 aromatic carbocycles. The Balaban J connectivity index is 1.50. The van der Waals surface area contributed by atoms with Gasteiger partial charge in [0.05, 0.1) is 5.56 Å². The Kier molecular flexibility index (Phi) is 4.93. The lowest BCUT2D eigenvalue weighted by molar-refractivity contribution is 0.0706. The third-order valence-electron chi connectivity index (χ3n) is 4.41. The van der Waals surface area contributed by atoms with Gasteiger partial charge in [-0.3, -0.25) is 4.79 Å². The lowest BCUT2D eigenvalue weighted by Gasteiger charge is -2.32. The van der Waals surface area contributed by atoms with E-state index in [9.17, 15) is 4.79 Å². The zero-order valence-electron chi connectivity index (χ0n) is 13.2. The van der Waals surface area contributed by atoms with Crippen molar-refractivity contribution >= 4 is 11.6 Å². The summed E-state index contributed by atoms with van der Waals surface area (Å²) in [5.41, 5.74) is 8.37. The zero-order chi connectivity index (χ0) is 16.1. The number of likely N-dealkylation sites (tertiary alicyclic amines) is 1. The van der Waals surface area contributed by atoms with Crippen LogP contribution < -0.4 is 11.1 Å². The first kappa shape index (κ1) is 15.6. The molecule has 120 valence electrons.